The van der Waals surface area contributed by atoms with E-state index in [2.05, 4.69) is 27.6 Å². The fraction of sp³-hybridized carbons (Fsp3) is 0.636. The fourth-order valence-electron chi connectivity index (χ4n) is 2.05. The zero-order chi connectivity index (χ0) is 13.0. The molecule has 2 unspecified atom stereocenters. The third-order valence-electron chi connectivity index (χ3n) is 3.18. The Morgan fingerprint density at radius 2 is 2.28 bits per heavy atom. The molecule has 7 nitrogen and oxygen atoms in total. The number of nitrogens with zero attached hydrogens (tertiary/aromatic N) is 2. The summed E-state index contributed by atoms with van der Waals surface area (Å²) in [6.07, 6.45) is 2.50. The van der Waals surface area contributed by atoms with E-state index in [1.54, 1.807) is 7.11 Å². The van der Waals surface area contributed by atoms with Crippen molar-refractivity contribution in [3.8, 4) is 5.75 Å². The Kier molecular flexibility index (Phi) is 4.16. The number of rotatable bonds is 5. The number of hydrogen-bond donors (Lipinski definition) is 3. The van der Waals surface area contributed by atoms with Crippen LogP contribution in [0.1, 0.15) is 13.3 Å². The molecule has 0 radical (unpaired) electrons. The second-order valence-electron chi connectivity index (χ2n) is 4.31. The normalized spacial score (nSPS) is 20.5. The van der Waals surface area contributed by atoms with Crippen molar-refractivity contribution in [3.05, 3.63) is 6.33 Å². The Bertz CT molecular complexity index is 395. The molecule has 1 aliphatic heterocycles. The summed E-state index contributed by atoms with van der Waals surface area (Å²) in [6, 6.07) is 0.252. The maximum absolute atomic E-state index is 5.38. The standard InChI is InChI=1S/C11H19N5O2/c1-7(8-3-4-18-5-8)15-10-9(17-2)11(16-12)14-6-13-10/h6-8H,3-5,12H2,1-2H3,(H2,13,14,15,16). The molecule has 1 aromatic rings. The van der Waals surface area contributed by atoms with E-state index in [1.807, 2.05) is 0 Å². The minimum absolute atomic E-state index is 0.252. The molecule has 2 heterocycles. The minimum Gasteiger partial charge on any atom is -0.490 e. The number of hydrazine groups is 1. The first-order chi connectivity index (χ1) is 8.76. The van der Waals surface area contributed by atoms with Crippen molar-refractivity contribution < 1.29 is 9.47 Å². The molecule has 0 amide bonds. The van der Waals surface area contributed by atoms with Gasteiger partial charge < -0.3 is 20.2 Å². The van der Waals surface area contributed by atoms with Gasteiger partial charge in [0.25, 0.3) is 0 Å². The van der Waals surface area contributed by atoms with Crippen LogP contribution in [0.2, 0.25) is 0 Å². The van der Waals surface area contributed by atoms with Gasteiger partial charge >= 0.3 is 0 Å². The van der Waals surface area contributed by atoms with Gasteiger partial charge in [-0.05, 0) is 13.3 Å². The first kappa shape index (κ1) is 12.8. The molecule has 2 rings (SSSR count). The van der Waals surface area contributed by atoms with Gasteiger partial charge in [-0.15, -0.1) is 0 Å². The third-order valence-corrected chi connectivity index (χ3v) is 3.18. The van der Waals surface area contributed by atoms with Crippen molar-refractivity contribution in [2.24, 2.45) is 11.8 Å². The van der Waals surface area contributed by atoms with Gasteiger partial charge in [0.15, 0.2) is 11.6 Å². The quantitative estimate of drug-likeness (QED) is 0.522. The second-order valence-corrected chi connectivity index (χ2v) is 4.31. The molecule has 1 aromatic heterocycles. The molecule has 1 fully saturated rings. The fourth-order valence-corrected chi connectivity index (χ4v) is 2.05. The molecular formula is C11H19N5O2. The number of nitrogens with one attached hydrogen (secondary N) is 2. The van der Waals surface area contributed by atoms with Gasteiger partial charge in [-0.25, -0.2) is 15.8 Å². The van der Waals surface area contributed by atoms with Crippen LogP contribution in [0, 0.1) is 5.92 Å². The molecule has 18 heavy (non-hydrogen) atoms. The molecule has 4 N–H and O–H groups in total. The van der Waals surface area contributed by atoms with Crippen molar-refractivity contribution in [2.45, 2.75) is 19.4 Å². The number of nitrogen functional groups attached to an aromatic ring is 1. The summed E-state index contributed by atoms with van der Waals surface area (Å²) in [5.41, 5.74) is 2.49. The van der Waals surface area contributed by atoms with E-state index in [9.17, 15) is 0 Å². The van der Waals surface area contributed by atoms with Crippen LogP contribution in [0.3, 0.4) is 0 Å². The van der Waals surface area contributed by atoms with Crippen LogP contribution in [0.25, 0.3) is 0 Å². The summed E-state index contributed by atoms with van der Waals surface area (Å²) in [5, 5.41) is 3.33. The summed E-state index contributed by atoms with van der Waals surface area (Å²) in [5.74, 6) is 7.49. The van der Waals surface area contributed by atoms with Crippen molar-refractivity contribution in [2.75, 3.05) is 31.1 Å². The summed E-state index contributed by atoms with van der Waals surface area (Å²) < 4.78 is 10.7. The summed E-state index contributed by atoms with van der Waals surface area (Å²) >= 11 is 0. The van der Waals surface area contributed by atoms with Gasteiger partial charge in [0.1, 0.15) is 6.33 Å². The Balaban J connectivity index is 2.12. The summed E-state index contributed by atoms with van der Waals surface area (Å²) in [6.45, 7) is 3.72. The molecular weight excluding hydrogens is 234 g/mol. The zero-order valence-corrected chi connectivity index (χ0v) is 10.6. The second kappa shape index (κ2) is 5.83. The Hall–Kier alpha value is -1.60. The van der Waals surface area contributed by atoms with Crippen molar-refractivity contribution in [3.63, 3.8) is 0 Å². The predicted octanol–water partition coefficient (Wildman–Crippen LogP) is 0.608. The number of anilines is 2. The van der Waals surface area contributed by atoms with E-state index in [0.717, 1.165) is 19.6 Å². The molecule has 0 aliphatic carbocycles. The Morgan fingerprint density at radius 3 is 2.89 bits per heavy atom. The van der Waals surface area contributed by atoms with Crippen LogP contribution in [-0.2, 0) is 4.74 Å². The summed E-state index contributed by atoms with van der Waals surface area (Å²) in [4.78, 5) is 8.18. The van der Waals surface area contributed by atoms with Gasteiger partial charge in [-0.2, -0.15) is 0 Å². The van der Waals surface area contributed by atoms with Gasteiger partial charge in [-0.1, -0.05) is 0 Å². The molecule has 1 saturated heterocycles. The largest absolute Gasteiger partial charge is 0.490 e. The van der Waals surface area contributed by atoms with E-state index in [0.29, 0.717) is 23.3 Å². The molecule has 7 heteroatoms. The van der Waals surface area contributed by atoms with E-state index in [-0.39, 0.29) is 6.04 Å². The molecule has 0 aromatic carbocycles. The third kappa shape index (κ3) is 2.62. The minimum atomic E-state index is 0.252. The Morgan fingerprint density at radius 1 is 1.50 bits per heavy atom. The zero-order valence-electron chi connectivity index (χ0n) is 10.6. The van der Waals surface area contributed by atoms with E-state index in [1.165, 1.54) is 6.33 Å². The molecule has 0 saturated carbocycles. The lowest BCUT2D eigenvalue weighted by atomic mass is 10.0. The van der Waals surface area contributed by atoms with Gasteiger partial charge in [-0.3, -0.25) is 0 Å². The molecule has 1 aliphatic rings. The van der Waals surface area contributed by atoms with Gasteiger partial charge in [0.2, 0.25) is 5.75 Å². The number of aromatic nitrogens is 2. The maximum Gasteiger partial charge on any atom is 0.205 e. The monoisotopic (exact) mass is 253 g/mol. The van der Waals surface area contributed by atoms with Crippen LogP contribution in [0.5, 0.6) is 5.75 Å². The van der Waals surface area contributed by atoms with Crippen LogP contribution in [0.15, 0.2) is 6.33 Å². The first-order valence-corrected chi connectivity index (χ1v) is 5.96. The number of hydrogen-bond acceptors (Lipinski definition) is 7. The highest BCUT2D eigenvalue weighted by Gasteiger charge is 2.24. The van der Waals surface area contributed by atoms with E-state index < -0.39 is 0 Å². The van der Waals surface area contributed by atoms with Crippen molar-refractivity contribution in [1.82, 2.24) is 9.97 Å². The topological polar surface area (TPSA) is 94.3 Å². The van der Waals surface area contributed by atoms with Crippen LogP contribution >= 0.6 is 0 Å². The number of methoxy groups -OCH3 is 1. The molecule has 2 atom stereocenters. The molecule has 100 valence electrons. The molecule has 0 spiro atoms. The van der Waals surface area contributed by atoms with E-state index in [4.69, 9.17) is 15.3 Å². The maximum atomic E-state index is 5.38. The van der Waals surface area contributed by atoms with Crippen molar-refractivity contribution >= 4 is 11.6 Å². The highest BCUT2D eigenvalue weighted by molar-refractivity contribution is 5.63. The van der Waals surface area contributed by atoms with Crippen molar-refractivity contribution in [1.29, 1.82) is 0 Å². The molecule has 0 bridgehead atoms. The first-order valence-electron chi connectivity index (χ1n) is 5.96. The van der Waals surface area contributed by atoms with Gasteiger partial charge in [0, 0.05) is 18.6 Å². The van der Waals surface area contributed by atoms with Crippen LogP contribution < -0.4 is 21.3 Å². The average molecular weight is 253 g/mol. The highest BCUT2D eigenvalue weighted by Crippen LogP contribution is 2.30. The van der Waals surface area contributed by atoms with Crippen LogP contribution in [0.4, 0.5) is 11.6 Å². The number of nitrogens with two attached hydrogens (primary N) is 1. The van der Waals surface area contributed by atoms with Gasteiger partial charge in [0.05, 0.1) is 13.7 Å². The lowest BCUT2D eigenvalue weighted by Gasteiger charge is -2.21. The Labute approximate surface area is 106 Å². The predicted molar refractivity (Wildman–Crippen MR) is 68.4 cm³/mol. The highest BCUT2D eigenvalue weighted by atomic mass is 16.5. The SMILES string of the molecule is COc1c(NN)ncnc1NC(C)C1CCOC1. The average Bonchev–Trinajstić information content (AvgIpc) is 2.92. The van der Waals surface area contributed by atoms with Crippen LogP contribution in [-0.4, -0.2) is 36.3 Å². The summed E-state index contributed by atoms with van der Waals surface area (Å²) in [7, 11) is 1.56. The number of ether oxygens (including phenoxy) is 2. The lowest BCUT2D eigenvalue weighted by molar-refractivity contribution is 0.183. The smallest absolute Gasteiger partial charge is 0.205 e. The lowest BCUT2D eigenvalue weighted by Crippen LogP contribution is -2.27. The van der Waals surface area contributed by atoms with E-state index >= 15 is 0 Å².